The number of aryl methyl sites for hydroxylation is 2. The molecule has 2 N–H and O–H groups in total. The Morgan fingerprint density at radius 1 is 1.04 bits per heavy atom. The number of ether oxygens (including phenoxy) is 1. The van der Waals surface area contributed by atoms with Crippen LogP contribution in [0, 0.1) is 13.8 Å². The molecule has 0 aliphatic heterocycles. The molecule has 0 radical (unpaired) electrons. The molecular weight excluding hydrogens is 328 g/mol. The van der Waals surface area contributed by atoms with Gasteiger partial charge in [0.05, 0.1) is 0 Å². The van der Waals surface area contributed by atoms with Crippen LogP contribution in [0.25, 0.3) is 11.4 Å². The standard InChI is InChI=1S/C20H22N4O2/c1-13-5-11-17(12-6-13)26-20(3,4)19(25)22-16-9-7-15(8-10-16)18-21-14(2)23-24-18/h5-12H,1-4H3,(H,22,25)(H,21,23,24). The molecule has 0 saturated carbocycles. The molecule has 134 valence electrons. The van der Waals surface area contributed by atoms with Gasteiger partial charge in [-0.05, 0) is 64.1 Å². The lowest BCUT2D eigenvalue weighted by Gasteiger charge is -2.25. The first kappa shape index (κ1) is 17.7. The van der Waals surface area contributed by atoms with Crippen LogP contribution in [-0.2, 0) is 4.79 Å². The molecule has 0 spiro atoms. The van der Waals surface area contributed by atoms with Gasteiger partial charge in [0.2, 0.25) is 0 Å². The van der Waals surface area contributed by atoms with Crippen LogP contribution in [0.15, 0.2) is 48.5 Å². The molecule has 0 aliphatic rings. The number of aromatic nitrogens is 3. The average Bonchev–Trinajstić information content (AvgIpc) is 3.04. The molecule has 3 rings (SSSR count). The van der Waals surface area contributed by atoms with E-state index in [1.807, 2.05) is 62.4 Å². The van der Waals surface area contributed by atoms with Gasteiger partial charge in [0.25, 0.3) is 5.91 Å². The number of H-pyrrole nitrogens is 1. The summed E-state index contributed by atoms with van der Waals surface area (Å²) >= 11 is 0. The average molecular weight is 350 g/mol. The molecule has 0 aliphatic carbocycles. The van der Waals surface area contributed by atoms with Crippen molar-refractivity contribution in [3.05, 3.63) is 59.9 Å². The number of nitrogens with zero attached hydrogens (tertiary/aromatic N) is 2. The van der Waals surface area contributed by atoms with Crippen LogP contribution in [0.2, 0.25) is 0 Å². The molecule has 1 aromatic heterocycles. The summed E-state index contributed by atoms with van der Waals surface area (Å²) in [7, 11) is 0. The SMILES string of the molecule is Cc1ccc(OC(C)(C)C(=O)Nc2ccc(-c3n[nH]c(C)n3)cc2)cc1. The van der Waals surface area contributed by atoms with Crippen molar-refractivity contribution in [1.29, 1.82) is 0 Å². The summed E-state index contributed by atoms with van der Waals surface area (Å²) in [4.78, 5) is 16.9. The Balaban J connectivity index is 1.67. The fourth-order valence-electron chi connectivity index (χ4n) is 2.40. The van der Waals surface area contributed by atoms with Crippen molar-refractivity contribution in [1.82, 2.24) is 15.2 Å². The molecule has 26 heavy (non-hydrogen) atoms. The van der Waals surface area contributed by atoms with Crippen molar-refractivity contribution in [2.45, 2.75) is 33.3 Å². The largest absolute Gasteiger partial charge is 0.478 e. The number of amides is 1. The maximum Gasteiger partial charge on any atom is 0.267 e. The van der Waals surface area contributed by atoms with Gasteiger partial charge >= 0.3 is 0 Å². The molecule has 1 amide bonds. The summed E-state index contributed by atoms with van der Waals surface area (Å²) in [5.41, 5.74) is 1.70. The molecule has 2 aromatic carbocycles. The second-order valence-electron chi connectivity index (χ2n) is 6.70. The lowest BCUT2D eigenvalue weighted by atomic mass is 10.1. The van der Waals surface area contributed by atoms with E-state index in [4.69, 9.17) is 4.74 Å². The van der Waals surface area contributed by atoms with Crippen LogP contribution in [0.1, 0.15) is 25.2 Å². The number of anilines is 1. The van der Waals surface area contributed by atoms with E-state index in [-0.39, 0.29) is 5.91 Å². The second kappa shape index (κ2) is 7.00. The topological polar surface area (TPSA) is 79.9 Å². The Morgan fingerprint density at radius 3 is 2.27 bits per heavy atom. The van der Waals surface area contributed by atoms with Gasteiger partial charge in [0, 0.05) is 11.3 Å². The molecule has 0 saturated heterocycles. The first-order valence-corrected chi connectivity index (χ1v) is 8.40. The van der Waals surface area contributed by atoms with Crippen LogP contribution in [0.4, 0.5) is 5.69 Å². The van der Waals surface area contributed by atoms with E-state index in [0.29, 0.717) is 17.3 Å². The highest BCUT2D eigenvalue weighted by Crippen LogP contribution is 2.22. The Bertz CT molecular complexity index is 896. The van der Waals surface area contributed by atoms with Crippen molar-refractivity contribution in [3.63, 3.8) is 0 Å². The van der Waals surface area contributed by atoms with E-state index in [1.54, 1.807) is 13.8 Å². The third-order valence-corrected chi connectivity index (χ3v) is 3.94. The quantitative estimate of drug-likeness (QED) is 0.732. The molecule has 0 bridgehead atoms. The minimum absolute atomic E-state index is 0.223. The molecular formula is C20H22N4O2. The molecule has 0 atom stereocenters. The van der Waals surface area contributed by atoms with Crippen LogP contribution >= 0.6 is 0 Å². The Labute approximate surface area is 152 Å². The van der Waals surface area contributed by atoms with E-state index < -0.39 is 5.60 Å². The fourth-order valence-corrected chi connectivity index (χ4v) is 2.40. The number of nitrogens with one attached hydrogen (secondary N) is 2. The van der Waals surface area contributed by atoms with Gasteiger partial charge in [0.1, 0.15) is 11.6 Å². The fraction of sp³-hybridized carbons (Fsp3) is 0.250. The highest BCUT2D eigenvalue weighted by atomic mass is 16.5. The van der Waals surface area contributed by atoms with Crippen LogP contribution in [-0.4, -0.2) is 26.7 Å². The summed E-state index contributed by atoms with van der Waals surface area (Å²) in [6.45, 7) is 7.34. The summed E-state index contributed by atoms with van der Waals surface area (Å²) in [5.74, 6) is 1.82. The van der Waals surface area contributed by atoms with E-state index in [0.717, 1.165) is 17.0 Å². The number of carbonyl (C=O) groups is 1. The molecule has 1 heterocycles. The molecule has 6 heteroatoms. The predicted molar refractivity (Wildman–Crippen MR) is 101 cm³/mol. The summed E-state index contributed by atoms with van der Waals surface area (Å²) in [6.07, 6.45) is 0. The Hall–Kier alpha value is -3.15. The second-order valence-corrected chi connectivity index (χ2v) is 6.70. The number of carbonyl (C=O) groups excluding carboxylic acids is 1. The summed E-state index contributed by atoms with van der Waals surface area (Å²) < 4.78 is 5.85. The zero-order valence-electron chi connectivity index (χ0n) is 15.3. The minimum atomic E-state index is -1.01. The lowest BCUT2D eigenvalue weighted by molar-refractivity contribution is -0.128. The van der Waals surface area contributed by atoms with Crippen molar-refractivity contribution in [2.24, 2.45) is 0 Å². The third kappa shape index (κ3) is 4.08. The van der Waals surface area contributed by atoms with E-state index in [1.165, 1.54) is 0 Å². The molecule has 0 unspecified atom stereocenters. The predicted octanol–water partition coefficient (Wildman–Crippen LogP) is 3.88. The smallest absolute Gasteiger partial charge is 0.267 e. The first-order valence-electron chi connectivity index (χ1n) is 8.40. The van der Waals surface area contributed by atoms with Crippen molar-refractivity contribution in [3.8, 4) is 17.1 Å². The Morgan fingerprint density at radius 2 is 1.69 bits per heavy atom. The summed E-state index contributed by atoms with van der Waals surface area (Å²) in [6, 6.07) is 15.0. The van der Waals surface area contributed by atoms with Crippen LogP contribution < -0.4 is 10.1 Å². The summed E-state index contributed by atoms with van der Waals surface area (Å²) in [5, 5.41) is 9.82. The monoisotopic (exact) mass is 350 g/mol. The van der Waals surface area contributed by atoms with Gasteiger partial charge in [-0.15, -0.1) is 0 Å². The zero-order chi connectivity index (χ0) is 18.7. The van der Waals surface area contributed by atoms with Crippen molar-refractivity contribution in [2.75, 3.05) is 5.32 Å². The first-order chi connectivity index (χ1) is 12.3. The van der Waals surface area contributed by atoms with Gasteiger partial charge in [0.15, 0.2) is 11.4 Å². The van der Waals surface area contributed by atoms with Crippen LogP contribution in [0.5, 0.6) is 5.75 Å². The lowest BCUT2D eigenvalue weighted by Crippen LogP contribution is -2.42. The van der Waals surface area contributed by atoms with Gasteiger partial charge in [-0.1, -0.05) is 17.7 Å². The zero-order valence-corrected chi connectivity index (χ0v) is 15.3. The van der Waals surface area contributed by atoms with Gasteiger partial charge in [-0.3, -0.25) is 9.89 Å². The van der Waals surface area contributed by atoms with E-state index >= 15 is 0 Å². The van der Waals surface area contributed by atoms with Gasteiger partial charge in [-0.25, -0.2) is 4.98 Å². The number of aromatic amines is 1. The number of benzene rings is 2. The van der Waals surface area contributed by atoms with E-state index in [2.05, 4.69) is 20.5 Å². The van der Waals surface area contributed by atoms with Gasteiger partial charge in [-0.2, -0.15) is 5.10 Å². The highest BCUT2D eigenvalue weighted by molar-refractivity contribution is 5.97. The minimum Gasteiger partial charge on any atom is -0.478 e. The molecule has 0 fully saturated rings. The van der Waals surface area contributed by atoms with E-state index in [9.17, 15) is 4.79 Å². The molecule has 6 nitrogen and oxygen atoms in total. The maximum absolute atomic E-state index is 12.6. The van der Waals surface area contributed by atoms with Crippen molar-refractivity contribution >= 4 is 11.6 Å². The number of hydrogen-bond donors (Lipinski definition) is 2. The van der Waals surface area contributed by atoms with Crippen molar-refractivity contribution < 1.29 is 9.53 Å². The Kier molecular flexibility index (Phi) is 4.75. The van der Waals surface area contributed by atoms with Gasteiger partial charge < -0.3 is 10.1 Å². The maximum atomic E-state index is 12.6. The normalized spacial score (nSPS) is 11.2. The third-order valence-electron chi connectivity index (χ3n) is 3.94. The highest BCUT2D eigenvalue weighted by Gasteiger charge is 2.30. The van der Waals surface area contributed by atoms with Crippen LogP contribution in [0.3, 0.4) is 0 Å². The molecule has 3 aromatic rings. The number of rotatable bonds is 5. The number of hydrogen-bond acceptors (Lipinski definition) is 4.